The number of phenols is 1. The fourth-order valence-electron chi connectivity index (χ4n) is 3.86. The normalized spacial score (nSPS) is 17.0. The molecule has 4 unspecified atom stereocenters. The quantitative estimate of drug-likeness (QED) is 0.135. The Morgan fingerprint density at radius 1 is 0.816 bits per heavy atom. The summed E-state index contributed by atoms with van der Waals surface area (Å²) in [7, 11) is 0. The van der Waals surface area contributed by atoms with Crippen LogP contribution in [-0.2, 0) is 35.2 Å². The Morgan fingerprint density at radius 3 is 1.89 bits per heavy atom. The van der Waals surface area contributed by atoms with Crippen LogP contribution in [0.4, 0.5) is 0 Å². The van der Waals surface area contributed by atoms with E-state index in [2.05, 4.69) is 21.3 Å². The molecule has 0 saturated carbocycles. The molecule has 38 heavy (non-hydrogen) atoms. The van der Waals surface area contributed by atoms with Crippen LogP contribution in [0.5, 0.6) is 5.75 Å². The van der Waals surface area contributed by atoms with Crippen LogP contribution in [0, 0.1) is 0 Å². The van der Waals surface area contributed by atoms with Crippen molar-refractivity contribution in [1.29, 1.82) is 0 Å². The molecular formula is C24H32N4O10. The van der Waals surface area contributed by atoms with Crippen molar-refractivity contribution in [1.82, 2.24) is 21.3 Å². The molecule has 1 saturated heterocycles. The van der Waals surface area contributed by atoms with E-state index in [-0.39, 0.29) is 18.6 Å². The number of benzene rings is 1. The minimum Gasteiger partial charge on any atom is -0.508 e. The standard InChI is InChI=1S/C24H32N4O10/c29-14-5-3-13(4-6-14)12-18(28-21(34)15-2-1-11-25-15)23(36)26-16(7-9-19(30)31)22(35)27-17(24(37)38)8-10-20(32)33/h3-6,15-18,25,29H,1-2,7-12H2,(H,26,36)(H,27,35)(H,28,34)(H,30,31)(H,32,33)(H,37,38). The number of aliphatic carboxylic acids is 3. The van der Waals surface area contributed by atoms with E-state index in [0.717, 1.165) is 6.42 Å². The van der Waals surface area contributed by atoms with Gasteiger partial charge in [0.25, 0.3) is 0 Å². The molecule has 1 fully saturated rings. The summed E-state index contributed by atoms with van der Waals surface area (Å²) in [6, 6.07) is 1.14. The van der Waals surface area contributed by atoms with Crippen molar-refractivity contribution in [2.24, 2.45) is 0 Å². The van der Waals surface area contributed by atoms with E-state index in [1.807, 2.05) is 0 Å². The van der Waals surface area contributed by atoms with E-state index in [0.29, 0.717) is 18.5 Å². The van der Waals surface area contributed by atoms with Gasteiger partial charge in [-0.3, -0.25) is 24.0 Å². The summed E-state index contributed by atoms with van der Waals surface area (Å²) in [6.45, 7) is 0.636. The van der Waals surface area contributed by atoms with Gasteiger partial charge in [0.2, 0.25) is 17.7 Å². The Kier molecular flexibility index (Phi) is 11.5. The molecule has 1 aliphatic heterocycles. The number of amides is 3. The maximum atomic E-state index is 13.2. The van der Waals surface area contributed by atoms with Crippen molar-refractivity contribution in [3.8, 4) is 5.75 Å². The van der Waals surface area contributed by atoms with Crippen LogP contribution >= 0.6 is 0 Å². The molecule has 1 aliphatic rings. The summed E-state index contributed by atoms with van der Waals surface area (Å²) in [4.78, 5) is 72.2. The number of carbonyl (C=O) groups excluding carboxylic acids is 3. The third-order valence-electron chi connectivity index (χ3n) is 5.93. The van der Waals surface area contributed by atoms with Gasteiger partial charge in [-0.2, -0.15) is 0 Å². The number of phenolic OH excluding ortho intramolecular Hbond substituents is 1. The molecule has 0 radical (unpaired) electrons. The van der Waals surface area contributed by atoms with E-state index >= 15 is 0 Å². The number of hydrogen-bond donors (Lipinski definition) is 8. The first-order valence-electron chi connectivity index (χ1n) is 12.0. The molecule has 0 spiro atoms. The molecule has 0 bridgehead atoms. The predicted molar refractivity (Wildman–Crippen MR) is 130 cm³/mol. The van der Waals surface area contributed by atoms with Gasteiger partial charge in [-0.05, 0) is 49.9 Å². The lowest BCUT2D eigenvalue weighted by Crippen LogP contribution is -2.57. The van der Waals surface area contributed by atoms with Crippen LogP contribution in [0.2, 0.25) is 0 Å². The fourth-order valence-corrected chi connectivity index (χ4v) is 3.86. The van der Waals surface area contributed by atoms with E-state index in [1.54, 1.807) is 12.1 Å². The van der Waals surface area contributed by atoms with Gasteiger partial charge >= 0.3 is 17.9 Å². The van der Waals surface area contributed by atoms with Gasteiger partial charge in [0, 0.05) is 19.3 Å². The van der Waals surface area contributed by atoms with Crippen molar-refractivity contribution in [3.63, 3.8) is 0 Å². The predicted octanol–water partition coefficient (Wildman–Crippen LogP) is -1.04. The van der Waals surface area contributed by atoms with Crippen molar-refractivity contribution < 1.29 is 49.2 Å². The number of rotatable bonds is 15. The van der Waals surface area contributed by atoms with Gasteiger partial charge in [-0.25, -0.2) is 4.79 Å². The van der Waals surface area contributed by atoms with Gasteiger partial charge in [-0.1, -0.05) is 12.1 Å². The molecule has 1 heterocycles. The summed E-state index contributed by atoms with van der Waals surface area (Å²) in [6.07, 6.45) is -0.571. The summed E-state index contributed by atoms with van der Waals surface area (Å²) >= 11 is 0. The van der Waals surface area contributed by atoms with Gasteiger partial charge < -0.3 is 41.7 Å². The average Bonchev–Trinajstić information content (AvgIpc) is 3.39. The fraction of sp³-hybridized carbons (Fsp3) is 0.500. The monoisotopic (exact) mass is 536 g/mol. The van der Waals surface area contributed by atoms with Gasteiger partial charge in [0.05, 0.1) is 6.04 Å². The third kappa shape index (κ3) is 10.0. The minimum atomic E-state index is -1.58. The Bertz CT molecular complexity index is 1020. The first-order valence-corrected chi connectivity index (χ1v) is 12.0. The molecule has 1 aromatic rings. The van der Waals surface area contributed by atoms with Crippen LogP contribution in [0.25, 0.3) is 0 Å². The zero-order chi connectivity index (χ0) is 28.2. The van der Waals surface area contributed by atoms with Gasteiger partial charge in [0.1, 0.15) is 23.9 Å². The molecular weight excluding hydrogens is 504 g/mol. The third-order valence-corrected chi connectivity index (χ3v) is 5.93. The zero-order valence-electron chi connectivity index (χ0n) is 20.5. The molecule has 1 aromatic carbocycles. The topological polar surface area (TPSA) is 231 Å². The second-order valence-corrected chi connectivity index (χ2v) is 8.91. The molecule has 14 heteroatoms. The smallest absolute Gasteiger partial charge is 0.326 e. The summed E-state index contributed by atoms with van der Waals surface area (Å²) < 4.78 is 0. The van der Waals surface area contributed by atoms with Crippen LogP contribution in [-0.4, -0.2) is 86.8 Å². The van der Waals surface area contributed by atoms with Crippen LogP contribution < -0.4 is 21.3 Å². The Labute approximate surface area is 217 Å². The van der Waals surface area contributed by atoms with Crippen LogP contribution in [0.1, 0.15) is 44.1 Å². The largest absolute Gasteiger partial charge is 0.508 e. The summed E-state index contributed by atoms with van der Waals surface area (Å²) in [5, 5.41) is 47.0. The summed E-state index contributed by atoms with van der Waals surface area (Å²) in [5.41, 5.74) is 0.578. The molecule has 14 nitrogen and oxygen atoms in total. The highest BCUT2D eigenvalue weighted by atomic mass is 16.4. The van der Waals surface area contributed by atoms with Crippen LogP contribution in [0.3, 0.4) is 0 Å². The maximum absolute atomic E-state index is 13.2. The van der Waals surface area contributed by atoms with E-state index in [4.69, 9.17) is 10.2 Å². The molecule has 0 aliphatic carbocycles. The molecule has 4 atom stereocenters. The highest BCUT2D eigenvalue weighted by Gasteiger charge is 2.32. The number of carboxylic acids is 3. The Hall–Kier alpha value is -4.20. The first kappa shape index (κ1) is 30.0. The molecule has 3 amide bonds. The van der Waals surface area contributed by atoms with Gasteiger partial charge in [0.15, 0.2) is 0 Å². The minimum absolute atomic E-state index is 0.00442. The maximum Gasteiger partial charge on any atom is 0.326 e. The molecule has 8 N–H and O–H groups in total. The van der Waals surface area contributed by atoms with Crippen molar-refractivity contribution in [2.45, 2.75) is 69.1 Å². The number of nitrogens with one attached hydrogen (secondary N) is 4. The van der Waals surface area contributed by atoms with E-state index < -0.39 is 79.1 Å². The number of carbonyl (C=O) groups is 6. The second-order valence-electron chi connectivity index (χ2n) is 8.91. The highest BCUT2D eigenvalue weighted by molar-refractivity contribution is 5.94. The lowest BCUT2D eigenvalue weighted by Gasteiger charge is -2.25. The van der Waals surface area contributed by atoms with Crippen molar-refractivity contribution in [3.05, 3.63) is 29.8 Å². The van der Waals surface area contributed by atoms with Crippen molar-refractivity contribution >= 4 is 35.6 Å². The second kappa shape index (κ2) is 14.5. The Morgan fingerprint density at radius 2 is 1.37 bits per heavy atom. The lowest BCUT2D eigenvalue weighted by atomic mass is 10.0. The van der Waals surface area contributed by atoms with Crippen LogP contribution in [0.15, 0.2) is 24.3 Å². The van der Waals surface area contributed by atoms with Gasteiger partial charge in [-0.15, -0.1) is 0 Å². The first-order chi connectivity index (χ1) is 18.0. The average molecular weight is 537 g/mol. The molecule has 2 rings (SSSR count). The van der Waals surface area contributed by atoms with E-state index in [1.165, 1.54) is 12.1 Å². The summed E-state index contributed by atoms with van der Waals surface area (Å²) in [5.74, 6) is -6.30. The van der Waals surface area contributed by atoms with Crippen molar-refractivity contribution in [2.75, 3.05) is 6.54 Å². The molecule has 208 valence electrons. The lowest BCUT2D eigenvalue weighted by molar-refractivity contribution is -0.144. The zero-order valence-corrected chi connectivity index (χ0v) is 20.5. The van der Waals surface area contributed by atoms with E-state index in [9.17, 15) is 39.0 Å². The number of carboxylic acid groups (broad SMARTS) is 3. The highest BCUT2D eigenvalue weighted by Crippen LogP contribution is 2.13. The number of hydrogen-bond acceptors (Lipinski definition) is 8. The SMILES string of the molecule is O=C(O)CCC(NC(=O)C(CCC(=O)O)NC(=O)C(Cc1ccc(O)cc1)NC(=O)C1CCCN1)C(=O)O. The number of aromatic hydroxyl groups is 1. The molecule has 0 aromatic heterocycles. The Balaban J connectivity index is 2.21.